The van der Waals surface area contributed by atoms with Crippen LogP contribution in [0.5, 0.6) is 0 Å². The Morgan fingerprint density at radius 1 is 1.39 bits per heavy atom. The first-order valence-corrected chi connectivity index (χ1v) is 7.69. The summed E-state index contributed by atoms with van der Waals surface area (Å²) in [5, 5.41) is 0. The summed E-state index contributed by atoms with van der Waals surface area (Å²) in [5.41, 5.74) is 5.87. The van der Waals surface area contributed by atoms with Crippen LogP contribution in [0.15, 0.2) is 0 Å². The van der Waals surface area contributed by atoms with Gasteiger partial charge in [0, 0.05) is 13.2 Å². The van der Waals surface area contributed by atoms with Gasteiger partial charge in [0.25, 0.3) is 0 Å². The van der Waals surface area contributed by atoms with Crippen molar-refractivity contribution in [1.29, 1.82) is 0 Å². The lowest BCUT2D eigenvalue weighted by molar-refractivity contribution is 0.0726. The highest BCUT2D eigenvalue weighted by Crippen LogP contribution is 2.17. The second-order valence-corrected chi connectivity index (χ2v) is 6.05. The molecule has 0 radical (unpaired) electrons. The van der Waals surface area contributed by atoms with Crippen molar-refractivity contribution in [1.82, 2.24) is 4.90 Å². The van der Waals surface area contributed by atoms with Crippen LogP contribution >= 0.6 is 0 Å². The normalized spacial score (nSPS) is 22.0. The fraction of sp³-hybridized carbons (Fsp3) is 1.00. The van der Waals surface area contributed by atoms with Crippen LogP contribution in [-0.2, 0) is 4.74 Å². The van der Waals surface area contributed by atoms with E-state index in [1.165, 1.54) is 32.2 Å². The Hall–Kier alpha value is -0.120. The molecule has 3 nitrogen and oxygen atoms in total. The van der Waals surface area contributed by atoms with E-state index < -0.39 is 0 Å². The van der Waals surface area contributed by atoms with E-state index in [-0.39, 0.29) is 0 Å². The number of hydrogen-bond donors (Lipinski definition) is 1. The zero-order chi connectivity index (χ0) is 13.4. The number of nitrogens with two attached hydrogens (primary N) is 1. The second-order valence-electron chi connectivity index (χ2n) is 6.05. The average molecular weight is 256 g/mol. The van der Waals surface area contributed by atoms with E-state index in [0.29, 0.717) is 12.0 Å². The van der Waals surface area contributed by atoms with Crippen LogP contribution in [0.4, 0.5) is 0 Å². The van der Waals surface area contributed by atoms with Crippen LogP contribution in [0.3, 0.4) is 0 Å². The second kappa shape index (κ2) is 8.89. The first-order valence-electron chi connectivity index (χ1n) is 7.69. The highest BCUT2D eigenvalue weighted by atomic mass is 16.5. The number of ether oxygens (including phenoxy) is 1. The Balaban J connectivity index is 2.23. The van der Waals surface area contributed by atoms with E-state index in [4.69, 9.17) is 10.5 Å². The van der Waals surface area contributed by atoms with E-state index in [2.05, 4.69) is 25.7 Å². The van der Waals surface area contributed by atoms with Gasteiger partial charge in [-0.3, -0.25) is 0 Å². The number of likely N-dealkylation sites (N-methyl/N-ethyl adjacent to an activating group) is 1. The van der Waals surface area contributed by atoms with Crippen LogP contribution < -0.4 is 5.73 Å². The van der Waals surface area contributed by atoms with Gasteiger partial charge in [-0.05, 0) is 57.2 Å². The van der Waals surface area contributed by atoms with Crippen molar-refractivity contribution in [2.75, 3.05) is 32.8 Å². The first-order chi connectivity index (χ1) is 8.65. The van der Waals surface area contributed by atoms with Crippen LogP contribution in [-0.4, -0.2) is 43.8 Å². The third-order valence-corrected chi connectivity index (χ3v) is 3.92. The van der Waals surface area contributed by atoms with Gasteiger partial charge in [-0.15, -0.1) is 0 Å². The Bertz CT molecular complexity index is 203. The Morgan fingerprint density at radius 2 is 2.17 bits per heavy atom. The molecule has 0 aromatic rings. The van der Waals surface area contributed by atoms with Crippen molar-refractivity contribution in [2.45, 2.75) is 52.6 Å². The lowest BCUT2D eigenvalue weighted by atomic mass is 9.94. The van der Waals surface area contributed by atoms with E-state index in [9.17, 15) is 0 Å². The molecule has 1 aliphatic heterocycles. The smallest absolute Gasteiger partial charge is 0.0702 e. The molecule has 0 amide bonds. The predicted molar refractivity (Wildman–Crippen MR) is 77.7 cm³/mol. The van der Waals surface area contributed by atoms with Gasteiger partial charge in [0.15, 0.2) is 0 Å². The summed E-state index contributed by atoms with van der Waals surface area (Å²) in [6, 6.07) is 0. The van der Waals surface area contributed by atoms with E-state index in [1.807, 2.05) is 0 Å². The van der Waals surface area contributed by atoms with Gasteiger partial charge in [0.2, 0.25) is 0 Å². The quantitative estimate of drug-likeness (QED) is 0.689. The van der Waals surface area contributed by atoms with Crippen molar-refractivity contribution >= 4 is 0 Å². The predicted octanol–water partition coefficient (Wildman–Crippen LogP) is 2.50. The van der Waals surface area contributed by atoms with Gasteiger partial charge in [-0.1, -0.05) is 20.8 Å². The third kappa shape index (κ3) is 6.17. The van der Waals surface area contributed by atoms with Crippen molar-refractivity contribution in [3.05, 3.63) is 0 Å². The zero-order valence-corrected chi connectivity index (χ0v) is 12.5. The minimum Gasteiger partial charge on any atom is -0.377 e. The Morgan fingerprint density at radius 3 is 2.67 bits per heavy atom. The molecule has 1 saturated heterocycles. The van der Waals surface area contributed by atoms with Crippen LogP contribution in [0.1, 0.15) is 46.5 Å². The van der Waals surface area contributed by atoms with Gasteiger partial charge in [-0.2, -0.15) is 0 Å². The fourth-order valence-corrected chi connectivity index (χ4v) is 2.82. The molecule has 2 atom stereocenters. The molecule has 1 fully saturated rings. The van der Waals surface area contributed by atoms with Crippen LogP contribution in [0.2, 0.25) is 0 Å². The third-order valence-electron chi connectivity index (χ3n) is 3.92. The van der Waals surface area contributed by atoms with Gasteiger partial charge >= 0.3 is 0 Å². The molecule has 2 unspecified atom stereocenters. The van der Waals surface area contributed by atoms with Gasteiger partial charge in [-0.25, -0.2) is 0 Å². The zero-order valence-electron chi connectivity index (χ0n) is 12.5. The summed E-state index contributed by atoms with van der Waals surface area (Å²) in [4.78, 5) is 2.53. The van der Waals surface area contributed by atoms with Gasteiger partial charge in [0.1, 0.15) is 0 Å². The Kier molecular flexibility index (Phi) is 7.87. The van der Waals surface area contributed by atoms with Gasteiger partial charge < -0.3 is 15.4 Å². The monoisotopic (exact) mass is 256 g/mol. The largest absolute Gasteiger partial charge is 0.377 e. The molecule has 1 rings (SSSR count). The first kappa shape index (κ1) is 15.9. The molecule has 2 N–H and O–H groups in total. The van der Waals surface area contributed by atoms with Crippen molar-refractivity contribution in [2.24, 2.45) is 17.6 Å². The molecule has 0 aromatic heterocycles. The average Bonchev–Trinajstić information content (AvgIpc) is 2.84. The van der Waals surface area contributed by atoms with E-state index >= 15 is 0 Å². The number of hydrogen-bond acceptors (Lipinski definition) is 3. The van der Waals surface area contributed by atoms with E-state index in [0.717, 1.165) is 32.2 Å². The molecule has 18 heavy (non-hydrogen) atoms. The molecular formula is C15H32N2O. The minimum absolute atomic E-state index is 0.478. The number of rotatable bonds is 9. The summed E-state index contributed by atoms with van der Waals surface area (Å²) < 4.78 is 5.72. The number of nitrogens with zero attached hydrogens (tertiary/aromatic N) is 1. The van der Waals surface area contributed by atoms with Crippen molar-refractivity contribution in [3.63, 3.8) is 0 Å². The lowest BCUT2D eigenvalue weighted by Gasteiger charge is -2.26. The van der Waals surface area contributed by atoms with Crippen molar-refractivity contribution < 1.29 is 4.74 Å². The maximum absolute atomic E-state index is 5.87. The molecule has 3 heteroatoms. The molecule has 0 spiro atoms. The maximum Gasteiger partial charge on any atom is 0.0702 e. The molecule has 1 aliphatic rings. The summed E-state index contributed by atoms with van der Waals surface area (Å²) in [7, 11) is 0. The molecule has 1 heterocycles. The molecular weight excluding hydrogens is 224 g/mol. The highest BCUT2D eigenvalue weighted by Gasteiger charge is 2.19. The lowest BCUT2D eigenvalue weighted by Crippen LogP contribution is -2.34. The van der Waals surface area contributed by atoms with Crippen LogP contribution in [0.25, 0.3) is 0 Å². The molecule has 108 valence electrons. The summed E-state index contributed by atoms with van der Waals surface area (Å²) >= 11 is 0. The van der Waals surface area contributed by atoms with Crippen molar-refractivity contribution in [3.8, 4) is 0 Å². The topological polar surface area (TPSA) is 38.5 Å². The molecule has 0 aromatic carbocycles. The SMILES string of the molecule is CCN(CCC(CN)CC(C)C)CC1CCCO1. The highest BCUT2D eigenvalue weighted by molar-refractivity contribution is 4.72. The molecule has 0 bridgehead atoms. The molecule has 0 aliphatic carbocycles. The minimum atomic E-state index is 0.478. The summed E-state index contributed by atoms with van der Waals surface area (Å²) in [6.45, 7) is 12.0. The summed E-state index contributed by atoms with van der Waals surface area (Å²) in [5.74, 6) is 1.44. The molecule has 0 saturated carbocycles. The maximum atomic E-state index is 5.87. The van der Waals surface area contributed by atoms with Crippen LogP contribution in [0, 0.1) is 11.8 Å². The van der Waals surface area contributed by atoms with Gasteiger partial charge in [0.05, 0.1) is 6.10 Å². The standard InChI is InChI=1S/C15H32N2O/c1-4-17(12-15-6-5-9-18-15)8-7-14(11-16)10-13(2)3/h13-15H,4-12,16H2,1-3H3. The van der Waals surface area contributed by atoms with E-state index in [1.54, 1.807) is 0 Å². The Labute approximate surface area is 113 Å². The summed E-state index contributed by atoms with van der Waals surface area (Å²) in [6.07, 6.45) is 5.44. The fourth-order valence-electron chi connectivity index (χ4n) is 2.82.